The lowest BCUT2D eigenvalue weighted by Gasteiger charge is -2.03. The number of aryl methyl sites for hydroxylation is 1. The molecule has 14 heavy (non-hydrogen) atoms. The van der Waals surface area contributed by atoms with Crippen molar-refractivity contribution in [3.63, 3.8) is 0 Å². The van der Waals surface area contributed by atoms with Crippen LogP contribution in [0.1, 0.15) is 5.56 Å². The summed E-state index contributed by atoms with van der Waals surface area (Å²) in [5, 5.41) is 0. The third-order valence-electron chi connectivity index (χ3n) is 2.15. The molecule has 0 aliphatic rings. The molecular formula is C13H11Br. The van der Waals surface area contributed by atoms with Crippen molar-refractivity contribution in [2.45, 2.75) is 6.92 Å². The maximum absolute atomic E-state index is 3.51. The largest absolute Gasteiger partial charge is 0.0622 e. The van der Waals surface area contributed by atoms with Gasteiger partial charge >= 0.3 is 0 Å². The first-order chi connectivity index (χ1) is 6.75. The molecule has 0 saturated carbocycles. The molecule has 0 aromatic heterocycles. The van der Waals surface area contributed by atoms with Gasteiger partial charge in [0, 0.05) is 4.47 Å². The van der Waals surface area contributed by atoms with Gasteiger partial charge in [0.2, 0.25) is 0 Å². The molecule has 0 unspecified atom stereocenters. The fraction of sp³-hybridized carbons (Fsp3) is 0.0769. The zero-order valence-electron chi connectivity index (χ0n) is 8.00. The molecule has 0 spiro atoms. The highest BCUT2D eigenvalue weighted by Gasteiger charge is 1.98. The molecule has 70 valence electrons. The van der Waals surface area contributed by atoms with E-state index in [1.165, 1.54) is 16.7 Å². The van der Waals surface area contributed by atoms with E-state index in [1.54, 1.807) is 0 Å². The van der Waals surface area contributed by atoms with Crippen LogP contribution in [0.25, 0.3) is 11.1 Å². The van der Waals surface area contributed by atoms with Crippen molar-refractivity contribution in [2.75, 3.05) is 0 Å². The Morgan fingerprint density at radius 3 is 2.21 bits per heavy atom. The first-order valence-corrected chi connectivity index (χ1v) is 5.37. The summed E-state index contributed by atoms with van der Waals surface area (Å²) >= 11 is 3.51. The van der Waals surface area contributed by atoms with Gasteiger partial charge in [-0.15, -0.1) is 0 Å². The van der Waals surface area contributed by atoms with Gasteiger partial charge < -0.3 is 0 Å². The Morgan fingerprint density at radius 2 is 1.57 bits per heavy atom. The predicted molar refractivity (Wildman–Crippen MR) is 64.3 cm³/mol. The van der Waals surface area contributed by atoms with E-state index in [1.807, 2.05) is 6.07 Å². The van der Waals surface area contributed by atoms with Crippen LogP contribution in [0.4, 0.5) is 0 Å². The van der Waals surface area contributed by atoms with E-state index in [-0.39, 0.29) is 0 Å². The van der Waals surface area contributed by atoms with Crippen LogP contribution in [0.15, 0.2) is 53.0 Å². The Bertz CT molecular complexity index is 412. The SMILES string of the molecule is Cc1cc(Br)cc(-c2ccccc2)c1. The van der Waals surface area contributed by atoms with Crippen molar-refractivity contribution in [1.82, 2.24) is 0 Å². The lowest BCUT2D eigenvalue weighted by atomic mass is 10.0. The van der Waals surface area contributed by atoms with Crippen LogP contribution in [-0.4, -0.2) is 0 Å². The summed E-state index contributed by atoms with van der Waals surface area (Å²) in [4.78, 5) is 0. The molecule has 2 aromatic carbocycles. The second-order valence-electron chi connectivity index (χ2n) is 3.38. The molecule has 0 saturated heterocycles. The van der Waals surface area contributed by atoms with Crippen LogP contribution in [0.5, 0.6) is 0 Å². The minimum Gasteiger partial charge on any atom is -0.0622 e. The minimum atomic E-state index is 1.14. The van der Waals surface area contributed by atoms with Gasteiger partial charge in [-0.1, -0.05) is 52.3 Å². The standard InChI is InChI=1S/C13H11Br/c1-10-7-12(9-13(14)8-10)11-5-3-2-4-6-11/h2-9H,1H3. The van der Waals surface area contributed by atoms with E-state index in [0.717, 1.165) is 4.47 Å². The van der Waals surface area contributed by atoms with E-state index in [2.05, 4.69) is 65.3 Å². The monoisotopic (exact) mass is 246 g/mol. The summed E-state index contributed by atoms with van der Waals surface area (Å²) < 4.78 is 1.14. The first-order valence-electron chi connectivity index (χ1n) is 4.58. The highest BCUT2D eigenvalue weighted by atomic mass is 79.9. The fourth-order valence-corrected chi connectivity index (χ4v) is 2.14. The normalized spacial score (nSPS) is 10.1. The van der Waals surface area contributed by atoms with Crippen LogP contribution < -0.4 is 0 Å². The van der Waals surface area contributed by atoms with Crippen molar-refractivity contribution < 1.29 is 0 Å². The quantitative estimate of drug-likeness (QED) is 0.699. The minimum absolute atomic E-state index is 1.14. The smallest absolute Gasteiger partial charge is 0.0184 e. The Kier molecular flexibility index (Phi) is 2.69. The molecule has 0 fully saturated rings. The van der Waals surface area contributed by atoms with Gasteiger partial charge in [-0.3, -0.25) is 0 Å². The molecule has 0 bridgehead atoms. The van der Waals surface area contributed by atoms with Crippen LogP contribution in [0, 0.1) is 6.92 Å². The predicted octanol–water partition coefficient (Wildman–Crippen LogP) is 4.42. The zero-order chi connectivity index (χ0) is 9.97. The van der Waals surface area contributed by atoms with Gasteiger partial charge in [0.15, 0.2) is 0 Å². The average Bonchev–Trinajstić information content (AvgIpc) is 2.18. The second kappa shape index (κ2) is 3.97. The summed E-state index contributed by atoms with van der Waals surface area (Å²) in [5.41, 5.74) is 3.80. The summed E-state index contributed by atoms with van der Waals surface area (Å²) in [5.74, 6) is 0. The van der Waals surface area contributed by atoms with Crippen LogP contribution in [-0.2, 0) is 0 Å². The topological polar surface area (TPSA) is 0 Å². The van der Waals surface area contributed by atoms with Crippen molar-refractivity contribution in [2.24, 2.45) is 0 Å². The number of hydrogen-bond donors (Lipinski definition) is 0. The molecule has 1 heteroatoms. The van der Waals surface area contributed by atoms with E-state index in [0.29, 0.717) is 0 Å². The summed E-state index contributed by atoms with van der Waals surface area (Å²) in [7, 11) is 0. The third-order valence-corrected chi connectivity index (χ3v) is 2.61. The van der Waals surface area contributed by atoms with Crippen LogP contribution >= 0.6 is 15.9 Å². The highest BCUT2D eigenvalue weighted by Crippen LogP contribution is 2.24. The van der Waals surface area contributed by atoms with Gasteiger partial charge in [-0.25, -0.2) is 0 Å². The molecule has 0 N–H and O–H groups in total. The van der Waals surface area contributed by atoms with E-state index in [9.17, 15) is 0 Å². The number of benzene rings is 2. The molecule has 0 amide bonds. The number of halogens is 1. The van der Waals surface area contributed by atoms with Crippen molar-refractivity contribution in [3.05, 3.63) is 58.6 Å². The van der Waals surface area contributed by atoms with Crippen LogP contribution in [0.3, 0.4) is 0 Å². The number of hydrogen-bond acceptors (Lipinski definition) is 0. The molecule has 0 aliphatic heterocycles. The fourth-order valence-electron chi connectivity index (χ4n) is 1.53. The second-order valence-corrected chi connectivity index (χ2v) is 4.30. The van der Waals surface area contributed by atoms with E-state index in [4.69, 9.17) is 0 Å². The molecule has 0 nitrogen and oxygen atoms in total. The van der Waals surface area contributed by atoms with Crippen molar-refractivity contribution in [3.8, 4) is 11.1 Å². The molecule has 2 rings (SSSR count). The maximum atomic E-state index is 3.51. The molecular weight excluding hydrogens is 236 g/mol. The van der Waals surface area contributed by atoms with Gasteiger partial charge in [0.25, 0.3) is 0 Å². The Hall–Kier alpha value is -1.08. The average molecular weight is 247 g/mol. The Morgan fingerprint density at radius 1 is 0.857 bits per heavy atom. The molecule has 0 radical (unpaired) electrons. The van der Waals surface area contributed by atoms with Crippen molar-refractivity contribution >= 4 is 15.9 Å². The summed E-state index contributed by atoms with van der Waals surface area (Å²) in [6.45, 7) is 2.11. The third kappa shape index (κ3) is 2.05. The summed E-state index contributed by atoms with van der Waals surface area (Å²) in [6, 6.07) is 16.9. The van der Waals surface area contributed by atoms with E-state index < -0.39 is 0 Å². The molecule has 2 aromatic rings. The molecule has 0 atom stereocenters. The van der Waals surface area contributed by atoms with Crippen LogP contribution in [0.2, 0.25) is 0 Å². The molecule has 0 aliphatic carbocycles. The van der Waals surface area contributed by atoms with Gasteiger partial charge in [0.05, 0.1) is 0 Å². The lowest BCUT2D eigenvalue weighted by molar-refractivity contribution is 1.45. The van der Waals surface area contributed by atoms with Gasteiger partial charge in [-0.2, -0.15) is 0 Å². The first kappa shape index (κ1) is 9.47. The van der Waals surface area contributed by atoms with Crippen molar-refractivity contribution in [1.29, 1.82) is 0 Å². The van der Waals surface area contributed by atoms with Gasteiger partial charge in [-0.05, 0) is 35.7 Å². The highest BCUT2D eigenvalue weighted by molar-refractivity contribution is 9.10. The Balaban J connectivity index is 2.52. The maximum Gasteiger partial charge on any atom is 0.0184 e. The zero-order valence-corrected chi connectivity index (χ0v) is 9.58. The van der Waals surface area contributed by atoms with E-state index >= 15 is 0 Å². The van der Waals surface area contributed by atoms with Gasteiger partial charge in [0.1, 0.15) is 0 Å². The summed E-state index contributed by atoms with van der Waals surface area (Å²) in [6.07, 6.45) is 0. The Labute approximate surface area is 92.7 Å². The number of rotatable bonds is 1. The molecule has 0 heterocycles. The lowest BCUT2D eigenvalue weighted by Crippen LogP contribution is -1.79.